The van der Waals surface area contributed by atoms with Gasteiger partial charge in [0.15, 0.2) is 6.17 Å². The Bertz CT molecular complexity index is 505. The number of halogens is 3. The minimum atomic E-state index is -4.13. The average molecular weight is 296 g/mol. The monoisotopic (exact) mass is 296 g/mol. The Morgan fingerprint density at radius 2 is 1.95 bits per heavy atom. The van der Waals surface area contributed by atoms with Crippen LogP contribution < -0.4 is 0 Å². The predicted molar refractivity (Wildman–Crippen MR) is 64.7 cm³/mol. The maximum Gasteiger partial charge on any atom is 0.297 e. The predicted octanol–water partition coefficient (Wildman–Crippen LogP) is 2.74. The molecule has 0 aliphatic carbocycles. The molecule has 0 bridgehead atoms. The van der Waals surface area contributed by atoms with E-state index >= 15 is 0 Å². The van der Waals surface area contributed by atoms with E-state index in [4.69, 9.17) is 0 Å². The highest BCUT2D eigenvalue weighted by Gasteiger charge is 2.24. The molecular formula is C12H15F3O3S. The zero-order valence-electron chi connectivity index (χ0n) is 10.4. The lowest BCUT2D eigenvalue weighted by molar-refractivity contribution is 0.101. The fourth-order valence-corrected chi connectivity index (χ4v) is 2.40. The molecular weight excluding hydrogens is 281 g/mol. The van der Waals surface area contributed by atoms with Crippen molar-refractivity contribution >= 4 is 10.1 Å². The van der Waals surface area contributed by atoms with Gasteiger partial charge in [-0.1, -0.05) is 12.1 Å². The molecule has 108 valence electrons. The van der Waals surface area contributed by atoms with E-state index in [0.29, 0.717) is 5.56 Å². The van der Waals surface area contributed by atoms with Gasteiger partial charge in [0.2, 0.25) is 0 Å². The Hall–Kier alpha value is -1.08. The molecule has 0 amide bonds. The van der Waals surface area contributed by atoms with Crippen LogP contribution in [0, 0.1) is 6.92 Å². The second kappa shape index (κ2) is 6.91. The summed E-state index contributed by atoms with van der Waals surface area (Å²) < 4.78 is 65.8. The van der Waals surface area contributed by atoms with Gasteiger partial charge in [-0.15, -0.1) is 0 Å². The van der Waals surface area contributed by atoms with E-state index < -0.39 is 42.2 Å². The molecule has 0 heterocycles. The van der Waals surface area contributed by atoms with Crippen LogP contribution in [0.4, 0.5) is 13.2 Å². The lowest BCUT2D eigenvalue weighted by Gasteiger charge is -2.12. The Labute approximate surface area is 110 Å². The van der Waals surface area contributed by atoms with Crippen molar-refractivity contribution in [1.82, 2.24) is 0 Å². The summed E-state index contributed by atoms with van der Waals surface area (Å²) in [6, 6.07) is 5.86. The third kappa shape index (κ3) is 4.83. The molecule has 2 unspecified atom stereocenters. The number of alkyl halides is 3. The van der Waals surface area contributed by atoms with Gasteiger partial charge in [0.05, 0.1) is 11.6 Å². The molecule has 0 fully saturated rings. The fraction of sp³-hybridized carbons (Fsp3) is 0.500. The molecule has 0 spiro atoms. The van der Waals surface area contributed by atoms with Crippen LogP contribution in [-0.4, -0.2) is 34.0 Å². The van der Waals surface area contributed by atoms with Gasteiger partial charge in [-0.05, 0) is 24.6 Å². The first-order valence-corrected chi connectivity index (χ1v) is 7.08. The van der Waals surface area contributed by atoms with Crippen molar-refractivity contribution in [3.63, 3.8) is 0 Å². The summed E-state index contributed by atoms with van der Waals surface area (Å²) in [6.45, 7) is -0.278. The van der Waals surface area contributed by atoms with Crippen LogP contribution in [-0.2, 0) is 14.3 Å². The fourth-order valence-electron chi connectivity index (χ4n) is 1.38. The summed E-state index contributed by atoms with van der Waals surface area (Å²) in [6.07, 6.45) is -4.86. The van der Waals surface area contributed by atoms with Crippen LogP contribution in [0.5, 0.6) is 0 Å². The molecule has 0 aliphatic heterocycles. The van der Waals surface area contributed by atoms with Crippen molar-refractivity contribution in [3.8, 4) is 0 Å². The van der Waals surface area contributed by atoms with Gasteiger partial charge < -0.3 is 0 Å². The van der Waals surface area contributed by atoms with Crippen LogP contribution in [0.15, 0.2) is 29.2 Å². The molecule has 1 aromatic carbocycles. The summed E-state index contributed by atoms with van der Waals surface area (Å²) in [5.74, 6) is 0. The topological polar surface area (TPSA) is 43.4 Å². The van der Waals surface area contributed by atoms with Crippen LogP contribution in [0.25, 0.3) is 0 Å². The Morgan fingerprint density at radius 1 is 1.26 bits per heavy atom. The number of benzene rings is 1. The maximum absolute atomic E-state index is 13.2. The van der Waals surface area contributed by atoms with E-state index in [0.717, 1.165) is 0 Å². The second-order valence-corrected chi connectivity index (χ2v) is 5.68. The van der Waals surface area contributed by atoms with Gasteiger partial charge >= 0.3 is 0 Å². The average Bonchev–Trinajstić information content (AvgIpc) is 2.36. The minimum Gasteiger partial charge on any atom is -0.263 e. The Balaban J connectivity index is 2.66. The highest BCUT2D eigenvalue weighted by molar-refractivity contribution is 7.86. The van der Waals surface area contributed by atoms with Crippen molar-refractivity contribution in [3.05, 3.63) is 29.8 Å². The smallest absolute Gasteiger partial charge is 0.263 e. The number of aryl methyl sites for hydroxylation is 1. The third-order valence-electron chi connectivity index (χ3n) is 2.44. The van der Waals surface area contributed by atoms with Gasteiger partial charge in [-0.25, -0.2) is 8.78 Å². The summed E-state index contributed by atoms with van der Waals surface area (Å²) in [7, 11) is -4.13. The molecule has 0 radical (unpaired) electrons. The molecule has 1 aromatic rings. The number of rotatable bonds is 7. The zero-order valence-corrected chi connectivity index (χ0v) is 11.2. The van der Waals surface area contributed by atoms with Gasteiger partial charge in [-0.2, -0.15) is 8.42 Å². The van der Waals surface area contributed by atoms with Gasteiger partial charge in [-0.3, -0.25) is 8.57 Å². The van der Waals surface area contributed by atoms with E-state index in [-0.39, 0.29) is 4.90 Å². The van der Waals surface area contributed by atoms with Gasteiger partial charge in [0.25, 0.3) is 10.1 Å². The molecule has 7 heteroatoms. The third-order valence-corrected chi connectivity index (χ3v) is 3.72. The molecule has 19 heavy (non-hydrogen) atoms. The first-order valence-electron chi connectivity index (χ1n) is 5.67. The lowest BCUT2D eigenvalue weighted by Crippen LogP contribution is -2.25. The summed E-state index contributed by atoms with van der Waals surface area (Å²) in [5.41, 5.74) is 0.697. The maximum atomic E-state index is 13.2. The standard InChI is InChI=1S/C12H15F3O3S/c1-9-3-2-4-10(7-9)19(16,17)18-8-12(15)11(14)5-6-13/h2-4,7,11-12H,5-6,8H2,1H3. The molecule has 0 aromatic heterocycles. The first kappa shape index (κ1) is 16.0. The molecule has 2 atom stereocenters. The second-order valence-electron chi connectivity index (χ2n) is 4.06. The van der Waals surface area contributed by atoms with Crippen molar-refractivity contribution in [2.24, 2.45) is 0 Å². The summed E-state index contributed by atoms with van der Waals surface area (Å²) in [5, 5.41) is 0. The Morgan fingerprint density at radius 3 is 2.53 bits per heavy atom. The summed E-state index contributed by atoms with van der Waals surface area (Å²) >= 11 is 0. The molecule has 0 N–H and O–H groups in total. The van der Waals surface area contributed by atoms with Crippen LogP contribution in [0.2, 0.25) is 0 Å². The molecule has 0 saturated carbocycles. The quantitative estimate of drug-likeness (QED) is 0.727. The summed E-state index contributed by atoms with van der Waals surface area (Å²) in [4.78, 5) is -0.124. The van der Waals surface area contributed by atoms with Gasteiger partial charge in [0, 0.05) is 6.42 Å². The molecule has 3 nitrogen and oxygen atoms in total. The van der Waals surface area contributed by atoms with Crippen LogP contribution in [0.1, 0.15) is 12.0 Å². The molecule has 0 saturated heterocycles. The van der Waals surface area contributed by atoms with E-state index in [1.807, 2.05) is 0 Å². The SMILES string of the molecule is Cc1cccc(S(=O)(=O)OCC(F)C(F)CCF)c1. The number of hydrogen-bond donors (Lipinski definition) is 0. The Kier molecular flexibility index (Phi) is 5.81. The van der Waals surface area contributed by atoms with Gasteiger partial charge in [0.1, 0.15) is 12.8 Å². The van der Waals surface area contributed by atoms with Crippen molar-refractivity contribution in [2.45, 2.75) is 30.6 Å². The van der Waals surface area contributed by atoms with Crippen LogP contribution >= 0.6 is 0 Å². The van der Waals surface area contributed by atoms with Crippen molar-refractivity contribution < 1.29 is 25.8 Å². The van der Waals surface area contributed by atoms with E-state index in [9.17, 15) is 21.6 Å². The normalized spacial score (nSPS) is 15.2. The largest absolute Gasteiger partial charge is 0.297 e. The highest BCUT2D eigenvalue weighted by atomic mass is 32.2. The molecule has 1 rings (SSSR count). The molecule has 0 aliphatic rings. The number of hydrogen-bond acceptors (Lipinski definition) is 3. The zero-order chi connectivity index (χ0) is 14.5. The van der Waals surface area contributed by atoms with Crippen molar-refractivity contribution in [2.75, 3.05) is 13.3 Å². The highest BCUT2D eigenvalue weighted by Crippen LogP contribution is 2.16. The van der Waals surface area contributed by atoms with E-state index in [1.54, 1.807) is 13.0 Å². The van der Waals surface area contributed by atoms with Crippen LogP contribution in [0.3, 0.4) is 0 Å². The van der Waals surface area contributed by atoms with E-state index in [1.165, 1.54) is 18.2 Å². The lowest BCUT2D eigenvalue weighted by atomic mass is 10.2. The van der Waals surface area contributed by atoms with Crippen molar-refractivity contribution in [1.29, 1.82) is 0 Å². The van der Waals surface area contributed by atoms with E-state index in [2.05, 4.69) is 4.18 Å². The minimum absolute atomic E-state index is 0.124. The first-order chi connectivity index (χ1) is 8.86.